The number of hydrogen-bond donors (Lipinski definition) is 1. The van der Waals surface area contributed by atoms with Gasteiger partial charge in [-0.05, 0) is 37.5 Å². The Hall–Kier alpha value is -1.42. The zero-order valence-electron chi connectivity index (χ0n) is 9.48. The topological polar surface area (TPSA) is 42.2 Å². The highest BCUT2D eigenvalue weighted by Gasteiger charge is 2.19. The van der Waals surface area contributed by atoms with Crippen LogP contribution in [0.3, 0.4) is 0 Å². The zero-order valence-corrected chi connectivity index (χ0v) is 9.48. The fourth-order valence-corrected chi connectivity index (χ4v) is 1.89. The maximum atomic E-state index is 4.23. The third-order valence-corrected chi connectivity index (χ3v) is 3.00. The van der Waals surface area contributed by atoms with Crippen molar-refractivity contribution < 1.29 is 0 Å². The summed E-state index contributed by atoms with van der Waals surface area (Å²) in [4.78, 5) is 0. The van der Waals surface area contributed by atoms with Gasteiger partial charge in [0.05, 0.1) is 0 Å². The van der Waals surface area contributed by atoms with Crippen LogP contribution < -0.4 is 5.32 Å². The number of pyridine rings is 1. The second-order valence-corrected chi connectivity index (χ2v) is 4.53. The maximum Gasteiger partial charge on any atom is 0.161 e. The fourth-order valence-electron chi connectivity index (χ4n) is 1.89. The lowest BCUT2D eigenvalue weighted by atomic mass is 10.3. The SMILES string of the molecule is Cc1ccn2c(CCNC3CC3)nnc2c1. The second-order valence-electron chi connectivity index (χ2n) is 4.53. The zero-order chi connectivity index (χ0) is 11.0. The van der Waals surface area contributed by atoms with Crippen molar-refractivity contribution in [2.75, 3.05) is 6.54 Å². The van der Waals surface area contributed by atoms with E-state index >= 15 is 0 Å². The molecular weight excluding hydrogens is 200 g/mol. The molecule has 0 radical (unpaired) electrons. The Labute approximate surface area is 94.7 Å². The summed E-state index contributed by atoms with van der Waals surface area (Å²) in [6, 6.07) is 4.92. The molecule has 2 aromatic rings. The molecule has 1 N–H and O–H groups in total. The summed E-state index contributed by atoms with van der Waals surface area (Å²) in [5.41, 5.74) is 2.17. The largest absolute Gasteiger partial charge is 0.314 e. The summed E-state index contributed by atoms with van der Waals surface area (Å²) < 4.78 is 2.07. The molecule has 0 spiro atoms. The standard InChI is InChI=1S/C12H16N4/c1-9-5-7-16-11(14-15-12(16)8-9)4-6-13-10-2-3-10/h5,7-8,10,13H,2-4,6H2,1H3. The number of hydrogen-bond acceptors (Lipinski definition) is 3. The van der Waals surface area contributed by atoms with E-state index in [0.717, 1.165) is 30.5 Å². The van der Waals surface area contributed by atoms with Crippen LogP contribution in [-0.2, 0) is 6.42 Å². The number of aromatic nitrogens is 3. The Morgan fingerprint density at radius 3 is 3.12 bits per heavy atom. The third kappa shape index (κ3) is 1.93. The molecule has 84 valence electrons. The van der Waals surface area contributed by atoms with Crippen LogP contribution in [0.2, 0.25) is 0 Å². The van der Waals surface area contributed by atoms with E-state index in [4.69, 9.17) is 0 Å². The minimum Gasteiger partial charge on any atom is -0.314 e. The summed E-state index contributed by atoms with van der Waals surface area (Å²) in [5, 5.41) is 11.9. The van der Waals surface area contributed by atoms with Gasteiger partial charge in [0.1, 0.15) is 5.82 Å². The molecule has 0 aromatic carbocycles. The number of fused-ring (bicyclic) bond motifs is 1. The minimum absolute atomic E-state index is 0.765. The van der Waals surface area contributed by atoms with E-state index in [1.165, 1.54) is 18.4 Å². The highest BCUT2D eigenvalue weighted by Crippen LogP contribution is 2.18. The highest BCUT2D eigenvalue weighted by molar-refractivity contribution is 5.40. The number of nitrogens with one attached hydrogen (secondary N) is 1. The first kappa shape index (κ1) is 9.78. The van der Waals surface area contributed by atoms with Gasteiger partial charge >= 0.3 is 0 Å². The average molecular weight is 216 g/mol. The molecule has 0 saturated heterocycles. The summed E-state index contributed by atoms with van der Waals surface area (Å²) in [6.07, 6.45) is 5.66. The van der Waals surface area contributed by atoms with Gasteiger partial charge in [0.2, 0.25) is 0 Å². The summed E-state index contributed by atoms with van der Waals surface area (Å²) in [7, 11) is 0. The first-order chi connectivity index (χ1) is 7.83. The van der Waals surface area contributed by atoms with Crippen molar-refractivity contribution in [3.05, 3.63) is 29.7 Å². The Balaban J connectivity index is 1.75. The van der Waals surface area contributed by atoms with Crippen molar-refractivity contribution in [3.8, 4) is 0 Å². The van der Waals surface area contributed by atoms with Gasteiger partial charge in [-0.25, -0.2) is 0 Å². The third-order valence-electron chi connectivity index (χ3n) is 3.00. The molecule has 4 nitrogen and oxygen atoms in total. The van der Waals surface area contributed by atoms with E-state index in [-0.39, 0.29) is 0 Å². The van der Waals surface area contributed by atoms with Crippen molar-refractivity contribution in [1.29, 1.82) is 0 Å². The van der Waals surface area contributed by atoms with Crippen LogP contribution in [0.5, 0.6) is 0 Å². The predicted octanol–water partition coefficient (Wildman–Crippen LogP) is 1.33. The highest BCUT2D eigenvalue weighted by atomic mass is 15.2. The van der Waals surface area contributed by atoms with E-state index in [1.807, 2.05) is 0 Å². The van der Waals surface area contributed by atoms with E-state index in [1.54, 1.807) is 0 Å². The van der Waals surface area contributed by atoms with E-state index in [9.17, 15) is 0 Å². The molecular formula is C12H16N4. The van der Waals surface area contributed by atoms with Gasteiger partial charge in [0.25, 0.3) is 0 Å². The summed E-state index contributed by atoms with van der Waals surface area (Å²) >= 11 is 0. The van der Waals surface area contributed by atoms with Gasteiger partial charge < -0.3 is 5.32 Å². The van der Waals surface area contributed by atoms with Crippen LogP contribution in [0.25, 0.3) is 5.65 Å². The Kier molecular flexibility index (Phi) is 2.36. The van der Waals surface area contributed by atoms with Crippen LogP contribution in [0.4, 0.5) is 0 Å². The lowest BCUT2D eigenvalue weighted by Gasteiger charge is -2.01. The molecule has 1 aliphatic carbocycles. The Bertz CT molecular complexity index is 499. The maximum absolute atomic E-state index is 4.23. The van der Waals surface area contributed by atoms with Crippen molar-refractivity contribution in [3.63, 3.8) is 0 Å². The smallest absolute Gasteiger partial charge is 0.161 e. The molecule has 1 fully saturated rings. The Morgan fingerprint density at radius 2 is 2.31 bits per heavy atom. The van der Waals surface area contributed by atoms with Crippen molar-refractivity contribution in [2.45, 2.75) is 32.2 Å². The van der Waals surface area contributed by atoms with Crippen LogP contribution in [0.15, 0.2) is 18.3 Å². The average Bonchev–Trinajstić information content (AvgIpc) is 3.00. The molecule has 1 saturated carbocycles. The van der Waals surface area contributed by atoms with E-state index in [0.29, 0.717) is 0 Å². The summed E-state index contributed by atoms with van der Waals surface area (Å²) in [6.45, 7) is 3.07. The molecule has 3 rings (SSSR count). The molecule has 1 aliphatic rings. The van der Waals surface area contributed by atoms with Crippen LogP contribution in [0, 0.1) is 6.92 Å². The van der Waals surface area contributed by atoms with Crippen LogP contribution in [-0.4, -0.2) is 27.2 Å². The van der Waals surface area contributed by atoms with Crippen LogP contribution >= 0.6 is 0 Å². The Morgan fingerprint density at radius 1 is 1.44 bits per heavy atom. The molecule has 0 unspecified atom stereocenters. The molecule has 0 amide bonds. The van der Waals surface area contributed by atoms with Gasteiger partial charge in [-0.1, -0.05) is 0 Å². The van der Waals surface area contributed by atoms with E-state index < -0.39 is 0 Å². The van der Waals surface area contributed by atoms with Crippen molar-refractivity contribution in [1.82, 2.24) is 19.9 Å². The monoisotopic (exact) mass is 216 g/mol. The molecule has 0 aliphatic heterocycles. The van der Waals surface area contributed by atoms with Gasteiger partial charge in [0.15, 0.2) is 5.65 Å². The molecule has 0 atom stereocenters. The number of nitrogens with zero attached hydrogens (tertiary/aromatic N) is 3. The van der Waals surface area contributed by atoms with E-state index in [2.05, 4.69) is 45.2 Å². The van der Waals surface area contributed by atoms with Gasteiger partial charge in [-0.15, -0.1) is 10.2 Å². The lowest BCUT2D eigenvalue weighted by Crippen LogP contribution is -2.20. The first-order valence-electron chi connectivity index (χ1n) is 5.86. The number of aryl methyl sites for hydroxylation is 1. The number of rotatable bonds is 4. The fraction of sp³-hybridized carbons (Fsp3) is 0.500. The molecule has 16 heavy (non-hydrogen) atoms. The quantitative estimate of drug-likeness (QED) is 0.838. The predicted molar refractivity (Wildman–Crippen MR) is 62.5 cm³/mol. The normalized spacial score (nSPS) is 15.8. The van der Waals surface area contributed by atoms with Crippen molar-refractivity contribution in [2.24, 2.45) is 0 Å². The molecule has 2 heterocycles. The lowest BCUT2D eigenvalue weighted by molar-refractivity contribution is 0.663. The summed E-state index contributed by atoms with van der Waals surface area (Å²) in [5.74, 6) is 1.04. The molecule has 0 bridgehead atoms. The van der Waals surface area contributed by atoms with Gasteiger partial charge in [-0.2, -0.15) is 0 Å². The van der Waals surface area contributed by atoms with Gasteiger partial charge in [-0.3, -0.25) is 4.40 Å². The molecule has 2 aromatic heterocycles. The first-order valence-corrected chi connectivity index (χ1v) is 5.86. The van der Waals surface area contributed by atoms with Gasteiger partial charge in [0, 0.05) is 25.2 Å². The van der Waals surface area contributed by atoms with Crippen LogP contribution in [0.1, 0.15) is 24.2 Å². The van der Waals surface area contributed by atoms with Crippen molar-refractivity contribution >= 4 is 5.65 Å². The second kappa shape index (κ2) is 3.87. The minimum atomic E-state index is 0.765. The molecule has 4 heteroatoms.